The lowest BCUT2D eigenvalue weighted by Gasteiger charge is -2.33. The van der Waals surface area contributed by atoms with Crippen molar-refractivity contribution in [1.29, 1.82) is 0 Å². The predicted octanol–water partition coefficient (Wildman–Crippen LogP) is -0.524. The smallest absolute Gasteiger partial charge is 0.394 e. The number of imidazole rings is 2. The van der Waals surface area contributed by atoms with Crippen LogP contribution in [0.5, 0.6) is 0 Å². The molecule has 24 heteroatoms. The highest BCUT2D eigenvalue weighted by molar-refractivity contribution is 8.39. The fourth-order valence-electron chi connectivity index (χ4n) is 4.42. The third-order valence-electron chi connectivity index (χ3n) is 6.31. The molecule has 4 aromatic heterocycles. The second kappa shape index (κ2) is 12.7. The Morgan fingerprint density at radius 1 is 1.23 bits per heavy atom. The highest BCUT2D eigenvalue weighted by Gasteiger charge is 2.54. The number of hydrogen-bond acceptors (Lipinski definition) is 16. The van der Waals surface area contributed by atoms with Crippen molar-refractivity contribution in [2.45, 2.75) is 36.7 Å². The molecule has 1 aliphatic heterocycles. The van der Waals surface area contributed by atoms with Crippen LogP contribution >= 0.6 is 26.0 Å². The van der Waals surface area contributed by atoms with E-state index in [2.05, 4.69) is 42.2 Å². The number of nitrogens with one attached hydrogen (secondary N) is 1. The molecule has 8 atom stereocenters. The molecule has 0 spiro atoms. The van der Waals surface area contributed by atoms with Gasteiger partial charge in [0.1, 0.15) is 48.6 Å². The van der Waals surface area contributed by atoms with Crippen LogP contribution < -0.4 is 17.0 Å². The Balaban J connectivity index is 1.50. The van der Waals surface area contributed by atoms with Crippen molar-refractivity contribution >= 4 is 71.9 Å². The molecule has 43 heavy (non-hydrogen) atoms. The monoisotopic (exact) mass is 681 g/mol. The van der Waals surface area contributed by atoms with Gasteiger partial charge in [0, 0.05) is 0 Å². The first-order chi connectivity index (χ1) is 20.4. The number of nitrogens with zero attached hydrogens (tertiary/aromatic N) is 7. The lowest BCUT2D eigenvalue weighted by atomic mass is 10.2. The van der Waals surface area contributed by atoms with E-state index >= 15 is 4.39 Å². The van der Waals surface area contributed by atoms with Gasteiger partial charge < -0.3 is 36.0 Å². The molecule has 0 amide bonds. The van der Waals surface area contributed by atoms with E-state index in [0.29, 0.717) is 0 Å². The summed E-state index contributed by atoms with van der Waals surface area (Å²) >= 11 is 9.05. The third-order valence-corrected chi connectivity index (χ3v) is 9.85. The summed E-state index contributed by atoms with van der Waals surface area (Å²) in [5.41, 5.74) is 9.00. The molecule has 4 aromatic rings. The Kier molecular flexibility index (Phi) is 9.35. The number of H-pyrrole nitrogens is 1. The van der Waals surface area contributed by atoms with Crippen molar-refractivity contribution in [3.8, 4) is 0 Å². The van der Waals surface area contributed by atoms with E-state index in [1.54, 1.807) is 0 Å². The number of fused-ring (bicyclic) bond motifs is 2. The molecule has 0 aromatic carbocycles. The Morgan fingerprint density at radius 3 is 2.70 bits per heavy atom. The largest absolute Gasteiger partial charge is 0.582 e. The Labute approximate surface area is 250 Å². The molecule has 1 aliphatic rings. The molecule has 232 valence electrons. The zero-order chi connectivity index (χ0) is 31.1. The predicted molar refractivity (Wildman–Crippen MR) is 153 cm³/mol. The summed E-state index contributed by atoms with van der Waals surface area (Å²) in [6, 6.07) is 0. The van der Waals surface area contributed by atoms with E-state index in [-0.39, 0.29) is 47.3 Å². The van der Waals surface area contributed by atoms with E-state index in [1.165, 1.54) is 0 Å². The number of aromatic amines is 1. The normalized spacial score (nSPS) is 23.9. The van der Waals surface area contributed by atoms with Crippen LogP contribution in [0.25, 0.3) is 22.3 Å². The number of alkyl halides is 1. The average Bonchev–Trinajstić information content (AvgIpc) is 3.65. The molecule has 0 saturated carbocycles. The summed E-state index contributed by atoms with van der Waals surface area (Å²) < 4.78 is 51.1. The van der Waals surface area contributed by atoms with Gasteiger partial charge >= 0.3 is 7.23 Å². The third kappa shape index (κ3) is 6.26. The number of halogens is 1. The van der Waals surface area contributed by atoms with Crippen LogP contribution in [0.1, 0.15) is 12.5 Å². The molecule has 3 unspecified atom stereocenters. The van der Waals surface area contributed by atoms with Crippen LogP contribution in [0, 0.1) is 0 Å². The highest BCUT2D eigenvalue weighted by Crippen LogP contribution is 2.59. The fraction of sp³-hybridized carbons (Fsp3) is 0.474. The van der Waals surface area contributed by atoms with Crippen molar-refractivity contribution in [1.82, 2.24) is 39.0 Å². The minimum atomic E-state index is -4.46. The Hall–Kier alpha value is -2.75. The number of hydrogen-bond donors (Lipinski definition) is 7. The van der Waals surface area contributed by atoms with Crippen LogP contribution in [-0.2, 0) is 34.9 Å². The molecule has 1 saturated heterocycles. The zero-order valence-corrected chi connectivity index (χ0v) is 25.0. The summed E-state index contributed by atoms with van der Waals surface area (Å²) in [7, 11) is -2.29. The number of nitrogens with two attached hydrogens (primary N) is 2. The van der Waals surface area contributed by atoms with Gasteiger partial charge in [-0.2, -0.15) is 4.98 Å². The van der Waals surface area contributed by atoms with Crippen LogP contribution in [-0.4, -0.2) is 98.2 Å². The first kappa shape index (κ1) is 31.7. The van der Waals surface area contributed by atoms with E-state index in [0.717, 1.165) is 28.1 Å². The van der Waals surface area contributed by atoms with Crippen molar-refractivity contribution in [2.24, 2.45) is 0 Å². The quantitative estimate of drug-likeness (QED) is 0.0429. The minimum Gasteiger partial charge on any atom is -0.394 e. The number of nitrogen functional groups attached to an aromatic ring is 2. The van der Waals surface area contributed by atoms with Crippen molar-refractivity contribution in [3.05, 3.63) is 29.3 Å². The summed E-state index contributed by atoms with van der Waals surface area (Å²) in [6.07, 6.45) is -5.37. The molecular weight excluding hydrogens is 657 g/mol. The van der Waals surface area contributed by atoms with Crippen molar-refractivity contribution in [3.63, 3.8) is 0 Å². The summed E-state index contributed by atoms with van der Waals surface area (Å²) in [4.78, 5) is 46.1. The van der Waals surface area contributed by atoms with Gasteiger partial charge in [-0.3, -0.25) is 23.4 Å². The number of aliphatic hydroxyl groups is 2. The van der Waals surface area contributed by atoms with Gasteiger partial charge in [0.15, 0.2) is 41.6 Å². The standard InChI is InChI=1S/C19H23FN10O9P2S2/c20-8-7(3-31)38-17(30-6-26-10-14(30)27-19(22)28-15(10)32)11(8)41(35,43)39-18(36-1-2-37-40(34)42)16(33)29-5-25-9-12(21)23-4-24-13(9)29/h4-8,11,16-18,31,33H,1-3H2,(H6-,21,22,23,24,27,28,32,34,35,42,43)/p+1/t7-,8-,11-,16-,17-,18?,41?/m1/s1. The maximum absolute atomic E-state index is 15.8. The lowest BCUT2D eigenvalue weighted by molar-refractivity contribution is -0.173. The van der Waals surface area contributed by atoms with Crippen LogP contribution in [0.4, 0.5) is 16.2 Å². The summed E-state index contributed by atoms with van der Waals surface area (Å²) in [5, 5.41) is 21.0. The second-order valence-corrected chi connectivity index (χ2v) is 14.2. The van der Waals surface area contributed by atoms with Gasteiger partial charge in [-0.05, 0) is 16.4 Å². The van der Waals surface area contributed by atoms with Gasteiger partial charge in [0.2, 0.25) is 12.2 Å². The molecule has 0 aliphatic carbocycles. The van der Waals surface area contributed by atoms with E-state index in [4.69, 9.17) is 41.8 Å². The number of ether oxygens (including phenoxy) is 2. The average molecular weight is 682 g/mol. The highest BCUT2D eigenvalue weighted by atomic mass is 32.7. The molecule has 0 radical (unpaired) electrons. The van der Waals surface area contributed by atoms with Crippen LogP contribution in [0.15, 0.2) is 23.8 Å². The van der Waals surface area contributed by atoms with Crippen LogP contribution in [0.3, 0.4) is 0 Å². The molecule has 19 nitrogen and oxygen atoms in total. The number of aromatic nitrogens is 8. The first-order valence-corrected chi connectivity index (χ1v) is 17.2. The zero-order valence-electron chi connectivity index (χ0n) is 21.5. The summed E-state index contributed by atoms with van der Waals surface area (Å²) in [6.45, 7) is -5.91. The van der Waals surface area contributed by atoms with Crippen molar-refractivity contribution in [2.75, 3.05) is 31.3 Å². The number of anilines is 2. The Morgan fingerprint density at radius 2 is 1.98 bits per heavy atom. The van der Waals surface area contributed by atoms with E-state index < -0.39 is 62.6 Å². The van der Waals surface area contributed by atoms with Gasteiger partial charge in [-0.25, -0.2) is 24.3 Å². The topological polar surface area (TPSA) is 274 Å². The minimum absolute atomic E-state index is 0.00879. The molecule has 5 heterocycles. The van der Waals surface area contributed by atoms with Crippen LogP contribution in [0.2, 0.25) is 0 Å². The molecule has 0 bridgehead atoms. The fourth-order valence-corrected chi connectivity index (χ4v) is 7.51. The molecule has 5 rings (SSSR count). The van der Waals surface area contributed by atoms with Gasteiger partial charge in [0.25, 0.3) is 5.56 Å². The molecule has 1 fully saturated rings. The number of thiol groups is 1. The lowest BCUT2D eigenvalue weighted by Crippen LogP contribution is -2.35. The SMILES string of the molecule is Nc1nc2c(ncn2[C@@H]2O[C@H](CO)[C@@H](F)[C@H]2P(O)(=S)OC(OCCO[P+](=O)S)[C@@H](O)n2cnc3c(N)ncnc32)c(=O)[nH]1. The second-order valence-electron chi connectivity index (χ2n) is 8.93. The van der Waals surface area contributed by atoms with Gasteiger partial charge in [-0.1, -0.05) is 0 Å². The number of aliphatic hydroxyl groups excluding tert-OH is 2. The number of rotatable bonds is 12. The van der Waals surface area contributed by atoms with E-state index in [1.807, 2.05) is 0 Å². The van der Waals surface area contributed by atoms with Crippen molar-refractivity contribution < 1.29 is 42.6 Å². The summed E-state index contributed by atoms with van der Waals surface area (Å²) in [5.74, 6) is -0.266. The Bertz CT molecular complexity index is 1760. The first-order valence-electron chi connectivity index (χ1n) is 12.1. The molecule has 8 N–H and O–H groups in total. The maximum Gasteiger partial charge on any atom is 0.582 e. The van der Waals surface area contributed by atoms with Gasteiger partial charge in [-0.15, -0.1) is 4.52 Å². The van der Waals surface area contributed by atoms with Gasteiger partial charge in [0.05, 0.1) is 25.9 Å². The van der Waals surface area contributed by atoms with E-state index in [9.17, 15) is 24.5 Å². The molecular formula is C19H24FN10O9P2S2+. The maximum atomic E-state index is 15.8.